The molecule has 4 aromatic carbocycles. The van der Waals surface area contributed by atoms with E-state index in [1.54, 1.807) is 66.7 Å². The van der Waals surface area contributed by atoms with E-state index in [0.717, 1.165) is 11.1 Å². The number of hydrogen-bond acceptors (Lipinski definition) is 7. The van der Waals surface area contributed by atoms with E-state index < -0.39 is 28.6 Å². The summed E-state index contributed by atoms with van der Waals surface area (Å²) in [5, 5.41) is 7.25. The Labute approximate surface area is 246 Å². The minimum atomic E-state index is -4.46. The van der Waals surface area contributed by atoms with Crippen LogP contribution < -0.4 is 19.5 Å². The molecule has 3 N–H and O–H groups in total. The van der Waals surface area contributed by atoms with Gasteiger partial charge in [-0.25, -0.2) is 8.42 Å². The predicted octanol–water partition coefficient (Wildman–Crippen LogP) is 5.34. The molecule has 0 bridgehead atoms. The van der Waals surface area contributed by atoms with Crippen molar-refractivity contribution >= 4 is 32.7 Å². The largest absolute Gasteiger partial charge is 0.489 e. The average molecular weight is 607 g/mol. The third kappa shape index (κ3) is 6.65. The summed E-state index contributed by atoms with van der Waals surface area (Å²) < 4.78 is 64.7. The molecule has 0 aliphatic heterocycles. The fraction of sp³-hybridized carbons (Fsp3) is 0.161. The van der Waals surface area contributed by atoms with Crippen molar-refractivity contribution < 1.29 is 31.5 Å². The molecule has 43 heavy (non-hydrogen) atoms. The predicted molar refractivity (Wildman–Crippen MR) is 157 cm³/mol. The summed E-state index contributed by atoms with van der Waals surface area (Å²) in [4.78, 5) is 13.7. The molecular weight excluding hydrogens is 578 g/mol. The highest BCUT2D eigenvalue weighted by molar-refractivity contribution is 7.93. The number of sulfonamides is 1. The topological polar surface area (TPSA) is 128 Å². The highest BCUT2D eigenvalue weighted by atomic mass is 32.2. The fourth-order valence-corrected chi connectivity index (χ4v) is 5.91. The molecule has 0 unspecified atom stereocenters. The number of fused-ring (bicyclic) bond motifs is 1. The van der Waals surface area contributed by atoms with E-state index in [1.165, 1.54) is 24.3 Å². The number of nitrogens with two attached hydrogens (primary N) is 1. The maximum absolute atomic E-state index is 14.0. The van der Waals surface area contributed by atoms with E-state index >= 15 is 0 Å². The molecule has 5 aromatic rings. The van der Waals surface area contributed by atoms with Crippen molar-refractivity contribution in [2.75, 3.05) is 4.31 Å². The number of halogens is 2. The number of rotatable bonds is 11. The van der Waals surface area contributed by atoms with Crippen molar-refractivity contribution in [1.82, 2.24) is 10.2 Å². The lowest BCUT2D eigenvalue weighted by Crippen LogP contribution is -2.48. The van der Waals surface area contributed by atoms with Gasteiger partial charge < -0.3 is 15.2 Å². The van der Waals surface area contributed by atoms with Gasteiger partial charge in [-0.2, -0.15) is 18.2 Å². The summed E-state index contributed by atoms with van der Waals surface area (Å²) in [5.74, 6) is -0.815. The van der Waals surface area contributed by atoms with E-state index in [0.29, 0.717) is 15.4 Å². The van der Waals surface area contributed by atoms with Crippen molar-refractivity contribution in [2.24, 2.45) is 5.73 Å². The minimum absolute atomic E-state index is 0.0315. The number of para-hydroxylation sites is 1. The number of carbonyl (C=O) groups is 1. The van der Waals surface area contributed by atoms with Gasteiger partial charge in [0.2, 0.25) is 0 Å². The number of benzene rings is 4. The van der Waals surface area contributed by atoms with Crippen LogP contribution in [0.25, 0.3) is 10.9 Å². The molecule has 9 nitrogen and oxygen atoms in total. The van der Waals surface area contributed by atoms with Gasteiger partial charge in [0.1, 0.15) is 18.1 Å². The molecule has 0 radical (unpaired) electrons. The van der Waals surface area contributed by atoms with Gasteiger partial charge >= 0.3 is 6.61 Å². The van der Waals surface area contributed by atoms with Crippen LogP contribution in [0.2, 0.25) is 0 Å². The summed E-state index contributed by atoms with van der Waals surface area (Å²) in [6, 6.07) is 24.8. The Balaban J connectivity index is 1.52. The van der Waals surface area contributed by atoms with Crippen LogP contribution in [0.15, 0.2) is 102 Å². The molecule has 0 spiro atoms. The number of aromatic amines is 1. The van der Waals surface area contributed by atoms with Gasteiger partial charge in [-0.15, -0.1) is 0 Å². The van der Waals surface area contributed by atoms with Crippen molar-refractivity contribution in [3.63, 3.8) is 0 Å². The second kappa shape index (κ2) is 12.6. The van der Waals surface area contributed by atoms with Gasteiger partial charge in [-0.1, -0.05) is 66.2 Å². The monoisotopic (exact) mass is 606 g/mol. The molecule has 222 valence electrons. The van der Waals surface area contributed by atoms with Crippen LogP contribution in [0.3, 0.4) is 0 Å². The van der Waals surface area contributed by atoms with Crippen molar-refractivity contribution in [2.45, 2.75) is 37.5 Å². The number of hydrogen-bond donors (Lipinski definition) is 2. The zero-order chi connectivity index (χ0) is 30.6. The Morgan fingerprint density at radius 3 is 2.40 bits per heavy atom. The van der Waals surface area contributed by atoms with Gasteiger partial charge in [0.25, 0.3) is 15.9 Å². The van der Waals surface area contributed by atoms with Crippen molar-refractivity contribution in [3.8, 4) is 11.5 Å². The minimum Gasteiger partial charge on any atom is -0.489 e. The van der Waals surface area contributed by atoms with Gasteiger partial charge in [0, 0.05) is 10.9 Å². The molecule has 1 amide bonds. The number of amides is 1. The highest BCUT2D eigenvalue weighted by Crippen LogP contribution is 2.33. The first-order valence-corrected chi connectivity index (χ1v) is 14.7. The Hall–Kier alpha value is -4.81. The lowest BCUT2D eigenvalue weighted by Gasteiger charge is -2.24. The summed E-state index contributed by atoms with van der Waals surface area (Å²) in [7, 11) is -4.46. The summed E-state index contributed by atoms with van der Waals surface area (Å²) in [6.07, 6.45) is 0.0937. The van der Waals surface area contributed by atoms with Crippen LogP contribution in [0.1, 0.15) is 16.7 Å². The van der Waals surface area contributed by atoms with E-state index in [4.69, 9.17) is 10.5 Å². The third-order valence-corrected chi connectivity index (χ3v) is 8.37. The molecule has 1 heterocycles. The molecule has 0 saturated carbocycles. The number of H-pyrrole nitrogens is 1. The molecule has 0 saturated heterocycles. The van der Waals surface area contributed by atoms with Gasteiger partial charge in [-0.3, -0.25) is 9.89 Å². The summed E-state index contributed by atoms with van der Waals surface area (Å²) >= 11 is 0. The fourth-order valence-electron chi connectivity index (χ4n) is 4.48. The first-order valence-electron chi connectivity index (χ1n) is 13.2. The van der Waals surface area contributed by atoms with E-state index in [-0.39, 0.29) is 40.6 Å². The number of anilines is 1. The van der Waals surface area contributed by atoms with Crippen LogP contribution in [0.4, 0.5) is 14.6 Å². The number of alkyl halides is 2. The number of carbonyl (C=O) groups excluding carboxylic acids is 1. The standard InChI is InChI=1S/C31H28F2N4O5S/c1-20-11-14-24(15-12-20)43(39,40)37(30(38)26(34)17-21-7-3-2-4-8-21)29-25-18-23(13-16-27(25)35-36-29)41-19-22-9-5-6-10-28(22)42-31(32)33/h2-16,18,26,31H,17,19,34H2,1H3,(H,35,36)/t26-/m0/s1. The van der Waals surface area contributed by atoms with Crippen LogP contribution in [-0.4, -0.2) is 37.2 Å². The number of nitrogens with zero attached hydrogens (tertiary/aromatic N) is 2. The van der Waals surface area contributed by atoms with Crippen molar-refractivity contribution in [3.05, 3.63) is 114 Å². The Bertz CT molecular complexity index is 1830. The van der Waals surface area contributed by atoms with Gasteiger partial charge in [-0.05, 0) is 55.3 Å². The van der Waals surface area contributed by atoms with Gasteiger partial charge in [0.05, 0.1) is 16.5 Å². The van der Waals surface area contributed by atoms with Crippen LogP contribution in [0.5, 0.6) is 11.5 Å². The maximum Gasteiger partial charge on any atom is 0.387 e. The Morgan fingerprint density at radius 1 is 0.977 bits per heavy atom. The number of aromatic nitrogens is 2. The van der Waals surface area contributed by atoms with E-state index in [9.17, 15) is 22.0 Å². The van der Waals surface area contributed by atoms with Gasteiger partial charge in [0.15, 0.2) is 5.82 Å². The van der Waals surface area contributed by atoms with Crippen LogP contribution >= 0.6 is 0 Å². The number of aryl methyl sites for hydroxylation is 1. The molecule has 1 atom stereocenters. The van der Waals surface area contributed by atoms with Crippen molar-refractivity contribution in [1.29, 1.82) is 0 Å². The first kappa shape index (κ1) is 29.7. The molecule has 0 fully saturated rings. The molecule has 0 aliphatic carbocycles. The number of ether oxygens (including phenoxy) is 2. The SMILES string of the molecule is Cc1ccc(S(=O)(=O)N(C(=O)[C@@H](N)Cc2ccccc2)c2n[nH]c3ccc(OCc4ccccc4OC(F)F)cc23)cc1. The summed E-state index contributed by atoms with van der Waals surface area (Å²) in [6.45, 7) is -1.30. The second-order valence-corrected chi connectivity index (χ2v) is 11.5. The first-order chi connectivity index (χ1) is 20.6. The molecule has 12 heteroatoms. The molecular formula is C31H28F2N4O5S. The lowest BCUT2D eigenvalue weighted by molar-refractivity contribution is -0.118. The zero-order valence-electron chi connectivity index (χ0n) is 23.0. The second-order valence-electron chi connectivity index (χ2n) is 9.75. The Kier molecular flexibility index (Phi) is 8.69. The molecule has 0 aliphatic rings. The maximum atomic E-state index is 14.0. The lowest BCUT2D eigenvalue weighted by atomic mass is 10.1. The number of nitrogens with one attached hydrogen (secondary N) is 1. The smallest absolute Gasteiger partial charge is 0.387 e. The highest BCUT2D eigenvalue weighted by Gasteiger charge is 2.37. The average Bonchev–Trinajstić information content (AvgIpc) is 3.39. The zero-order valence-corrected chi connectivity index (χ0v) is 23.8. The van der Waals surface area contributed by atoms with E-state index in [2.05, 4.69) is 14.9 Å². The normalized spacial score (nSPS) is 12.3. The quantitative estimate of drug-likeness (QED) is 0.208. The molecule has 5 rings (SSSR count). The van der Waals surface area contributed by atoms with Crippen LogP contribution in [0, 0.1) is 6.92 Å². The van der Waals surface area contributed by atoms with Crippen LogP contribution in [-0.2, 0) is 27.8 Å². The summed E-state index contributed by atoms with van der Waals surface area (Å²) in [5.41, 5.74) is 8.71. The third-order valence-electron chi connectivity index (χ3n) is 6.66. The van der Waals surface area contributed by atoms with E-state index in [1.807, 2.05) is 13.0 Å². The molecule has 1 aromatic heterocycles. The Morgan fingerprint density at radius 2 is 1.67 bits per heavy atom.